The molecule has 0 radical (unpaired) electrons. The average Bonchev–Trinajstić information content (AvgIpc) is 2.70. The molecule has 0 saturated carbocycles. The molecule has 0 aliphatic carbocycles. The lowest BCUT2D eigenvalue weighted by atomic mass is 10.0. The molecule has 3 rings (SSSR count). The molecular weight excluding hydrogens is 374 g/mol. The zero-order chi connectivity index (χ0) is 21.0. The number of carbonyl (C=O) groups excluding carboxylic acids is 2. The van der Waals surface area contributed by atoms with E-state index in [-0.39, 0.29) is 35.7 Å². The fraction of sp³-hybridized carbons (Fsp3) is 0.333. The molecule has 1 unspecified atom stereocenters. The quantitative estimate of drug-likeness (QED) is 0.572. The lowest BCUT2D eigenvalue weighted by Gasteiger charge is -2.35. The van der Waals surface area contributed by atoms with Crippen molar-refractivity contribution in [2.75, 3.05) is 18.0 Å². The largest absolute Gasteiger partial charge is 0.478 e. The van der Waals surface area contributed by atoms with Gasteiger partial charge in [-0.25, -0.2) is 0 Å². The number of ether oxygens (including phenoxy) is 1. The molecule has 0 spiro atoms. The predicted molar refractivity (Wildman–Crippen MR) is 108 cm³/mol. The second kappa shape index (κ2) is 8.72. The molecule has 8 nitrogen and oxygen atoms in total. The predicted octanol–water partition coefficient (Wildman–Crippen LogP) is 2.70. The van der Waals surface area contributed by atoms with E-state index in [1.165, 1.54) is 23.1 Å². The number of nitrogens with zero attached hydrogens (tertiary/aromatic N) is 2. The number of fused-ring (bicyclic) bond motifs is 1. The van der Waals surface area contributed by atoms with Crippen molar-refractivity contribution in [3.05, 3.63) is 64.2 Å². The van der Waals surface area contributed by atoms with Crippen molar-refractivity contribution in [3.63, 3.8) is 0 Å². The van der Waals surface area contributed by atoms with Crippen molar-refractivity contribution in [1.29, 1.82) is 0 Å². The molecule has 0 saturated heterocycles. The van der Waals surface area contributed by atoms with E-state index in [1.807, 2.05) is 44.2 Å². The molecule has 1 N–H and O–H groups in total. The van der Waals surface area contributed by atoms with Gasteiger partial charge in [0.2, 0.25) is 5.91 Å². The number of nitro benzene ring substituents is 1. The van der Waals surface area contributed by atoms with Crippen molar-refractivity contribution in [2.45, 2.75) is 26.4 Å². The Labute approximate surface area is 168 Å². The Hall–Kier alpha value is -3.42. The van der Waals surface area contributed by atoms with Crippen molar-refractivity contribution in [1.82, 2.24) is 5.32 Å². The molecule has 1 heterocycles. The molecular formula is C21H23N3O5. The third kappa shape index (κ3) is 4.71. The maximum absolute atomic E-state index is 12.9. The molecule has 2 aromatic rings. The fourth-order valence-electron chi connectivity index (χ4n) is 3.16. The van der Waals surface area contributed by atoms with E-state index in [2.05, 4.69) is 5.32 Å². The normalized spacial score (nSPS) is 15.6. The SMILES string of the molecule is CC(C)C1Oc2ccc([N+](=O)[O-])cc2N(CC(=O)NCCc2ccccc2)C1=O. The molecule has 8 heteroatoms. The van der Waals surface area contributed by atoms with Crippen LogP contribution in [0.3, 0.4) is 0 Å². The summed E-state index contributed by atoms with van der Waals surface area (Å²) in [6.45, 7) is 3.89. The summed E-state index contributed by atoms with van der Waals surface area (Å²) in [6, 6.07) is 13.8. The second-order valence-corrected chi connectivity index (χ2v) is 7.20. The summed E-state index contributed by atoms with van der Waals surface area (Å²) in [5, 5.41) is 13.9. The molecule has 1 atom stereocenters. The summed E-state index contributed by atoms with van der Waals surface area (Å²) in [7, 11) is 0. The summed E-state index contributed by atoms with van der Waals surface area (Å²) >= 11 is 0. The van der Waals surface area contributed by atoms with Crippen LogP contribution in [0.25, 0.3) is 0 Å². The van der Waals surface area contributed by atoms with E-state index in [1.54, 1.807) is 0 Å². The van der Waals surface area contributed by atoms with Crippen LogP contribution in [0.15, 0.2) is 48.5 Å². The average molecular weight is 397 g/mol. The van der Waals surface area contributed by atoms with Crippen LogP contribution in [0.4, 0.5) is 11.4 Å². The molecule has 2 aromatic carbocycles. The molecule has 1 aliphatic heterocycles. The van der Waals surface area contributed by atoms with Gasteiger partial charge < -0.3 is 10.1 Å². The Morgan fingerprint density at radius 1 is 1.24 bits per heavy atom. The number of nitrogens with one attached hydrogen (secondary N) is 1. The third-order valence-corrected chi connectivity index (χ3v) is 4.69. The van der Waals surface area contributed by atoms with Crippen LogP contribution < -0.4 is 15.0 Å². The second-order valence-electron chi connectivity index (χ2n) is 7.20. The number of amides is 2. The van der Waals surface area contributed by atoms with E-state index in [9.17, 15) is 19.7 Å². The Morgan fingerprint density at radius 2 is 1.97 bits per heavy atom. The van der Waals surface area contributed by atoms with Gasteiger partial charge in [-0.3, -0.25) is 24.6 Å². The van der Waals surface area contributed by atoms with Gasteiger partial charge in [-0.2, -0.15) is 0 Å². The van der Waals surface area contributed by atoms with Crippen LogP contribution in [-0.4, -0.2) is 35.9 Å². The van der Waals surface area contributed by atoms with Crippen LogP contribution in [-0.2, 0) is 16.0 Å². The first-order valence-corrected chi connectivity index (χ1v) is 9.44. The summed E-state index contributed by atoms with van der Waals surface area (Å²) in [4.78, 5) is 37.2. The van der Waals surface area contributed by atoms with E-state index in [0.29, 0.717) is 18.7 Å². The number of rotatable bonds is 7. The van der Waals surface area contributed by atoms with Crippen LogP contribution in [0, 0.1) is 16.0 Å². The van der Waals surface area contributed by atoms with Gasteiger partial charge in [0, 0.05) is 18.7 Å². The number of nitro groups is 1. The highest BCUT2D eigenvalue weighted by Crippen LogP contribution is 2.38. The van der Waals surface area contributed by atoms with Crippen LogP contribution in [0.2, 0.25) is 0 Å². The van der Waals surface area contributed by atoms with Crippen molar-refractivity contribution in [2.24, 2.45) is 5.92 Å². The number of hydrogen-bond acceptors (Lipinski definition) is 5. The Balaban J connectivity index is 1.75. The van der Waals surface area contributed by atoms with Gasteiger partial charge >= 0.3 is 0 Å². The monoisotopic (exact) mass is 397 g/mol. The fourth-order valence-corrected chi connectivity index (χ4v) is 3.16. The van der Waals surface area contributed by atoms with Crippen molar-refractivity contribution < 1.29 is 19.2 Å². The van der Waals surface area contributed by atoms with Crippen LogP contribution in [0.1, 0.15) is 19.4 Å². The zero-order valence-corrected chi connectivity index (χ0v) is 16.3. The minimum atomic E-state index is -0.749. The van der Waals surface area contributed by atoms with Crippen LogP contribution >= 0.6 is 0 Å². The standard InChI is InChI=1S/C21H23N3O5/c1-14(2)20-21(26)23(17-12-16(24(27)28)8-9-18(17)29-20)13-19(25)22-11-10-15-6-4-3-5-7-15/h3-9,12,14,20H,10-11,13H2,1-2H3,(H,22,25). The molecule has 0 bridgehead atoms. The van der Waals surface area contributed by atoms with Gasteiger partial charge in [0.25, 0.3) is 11.6 Å². The Bertz CT molecular complexity index is 914. The summed E-state index contributed by atoms with van der Waals surface area (Å²) in [5.41, 5.74) is 1.16. The first kappa shape index (κ1) is 20.3. The molecule has 152 valence electrons. The maximum atomic E-state index is 12.9. The highest BCUT2D eigenvalue weighted by Gasteiger charge is 2.38. The van der Waals surface area contributed by atoms with E-state index in [4.69, 9.17) is 4.74 Å². The maximum Gasteiger partial charge on any atom is 0.271 e. The van der Waals surface area contributed by atoms with Gasteiger partial charge in [0.1, 0.15) is 12.3 Å². The zero-order valence-electron chi connectivity index (χ0n) is 16.3. The lowest BCUT2D eigenvalue weighted by molar-refractivity contribution is -0.384. The number of anilines is 1. The number of non-ortho nitro benzene ring substituents is 1. The minimum absolute atomic E-state index is 0.116. The van der Waals surface area contributed by atoms with Crippen molar-refractivity contribution >= 4 is 23.2 Å². The van der Waals surface area contributed by atoms with Crippen molar-refractivity contribution in [3.8, 4) is 5.75 Å². The molecule has 2 amide bonds. The summed E-state index contributed by atoms with van der Waals surface area (Å²) in [6.07, 6.45) is -0.0820. The van der Waals surface area contributed by atoms with Gasteiger partial charge in [-0.15, -0.1) is 0 Å². The molecule has 29 heavy (non-hydrogen) atoms. The van der Waals surface area contributed by atoms with E-state index >= 15 is 0 Å². The molecule has 0 fully saturated rings. The van der Waals surface area contributed by atoms with Gasteiger partial charge in [-0.05, 0) is 24.0 Å². The lowest BCUT2D eigenvalue weighted by Crippen LogP contribution is -2.51. The third-order valence-electron chi connectivity index (χ3n) is 4.69. The number of carbonyl (C=O) groups is 2. The topological polar surface area (TPSA) is 102 Å². The highest BCUT2D eigenvalue weighted by molar-refractivity contribution is 6.04. The number of hydrogen-bond donors (Lipinski definition) is 1. The molecule has 0 aromatic heterocycles. The smallest absolute Gasteiger partial charge is 0.271 e. The van der Waals surface area contributed by atoms with Gasteiger partial charge in [0.15, 0.2) is 6.10 Å². The highest BCUT2D eigenvalue weighted by atomic mass is 16.6. The first-order chi connectivity index (χ1) is 13.9. The number of benzene rings is 2. The summed E-state index contributed by atoms with van der Waals surface area (Å²) < 4.78 is 5.75. The minimum Gasteiger partial charge on any atom is -0.478 e. The van der Waals surface area contributed by atoms with E-state index in [0.717, 1.165) is 5.56 Å². The van der Waals surface area contributed by atoms with Gasteiger partial charge in [-0.1, -0.05) is 44.2 Å². The van der Waals surface area contributed by atoms with Crippen LogP contribution in [0.5, 0.6) is 5.75 Å². The summed E-state index contributed by atoms with van der Waals surface area (Å²) in [5.74, 6) is -0.483. The Kier molecular flexibility index (Phi) is 6.11. The van der Waals surface area contributed by atoms with E-state index < -0.39 is 11.0 Å². The first-order valence-electron chi connectivity index (χ1n) is 9.44. The van der Waals surface area contributed by atoms with Gasteiger partial charge in [0.05, 0.1) is 10.6 Å². The molecule has 1 aliphatic rings. The Morgan fingerprint density at radius 3 is 2.62 bits per heavy atom.